The van der Waals surface area contributed by atoms with E-state index in [9.17, 15) is 33.8 Å². The van der Waals surface area contributed by atoms with Crippen molar-refractivity contribution in [3.8, 4) is 0 Å². The number of aliphatic hydroxyl groups is 2. The van der Waals surface area contributed by atoms with E-state index in [0.717, 1.165) is 4.90 Å². The normalized spacial score (nSPS) is 32.0. The van der Waals surface area contributed by atoms with Crippen molar-refractivity contribution in [2.75, 3.05) is 13.2 Å². The molecule has 5 atom stereocenters. The van der Waals surface area contributed by atoms with Gasteiger partial charge < -0.3 is 34.2 Å². The second kappa shape index (κ2) is 9.05. The molecule has 5 unspecified atom stereocenters. The molecular weight excluding hydrogens is 413 g/mol. The van der Waals surface area contributed by atoms with Crippen molar-refractivity contribution in [1.29, 1.82) is 0 Å². The largest absolute Gasteiger partial charge is 0.756 e. The Labute approximate surface area is 168 Å². The summed E-state index contributed by atoms with van der Waals surface area (Å²) in [6.45, 7) is -1.04. The monoisotopic (exact) mass is 428 g/mol. The van der Waals surface area contributed by atoms with Gasteiger partial charge in [0.25, 0.3) is 7.82 Å². The van der Waals surface area contributed by atoms with Gasteiger partial charge in [-0.15, -0.1) is 0 Å². The van der Waals surface area contributed by atoms with Gasteiger partial charge in [-0.25, -0.2) is 13.7 Å². The number of carbonyl (C=O) groups is 2. The van der Waals surface area contributed by atoms with Gasteiger partial charge in [0, 0.05) is 42.5 Å². The summed E-state index contributed by atoms with van der Waals surface area (Å²) in [6, 6.07) is -0.867. The molecule has 17 heteroatoms. The number of rotatable bonds is 6. The number of aliphatic hydroxyl groups excluding tert-OH is 2. The Kier molecular flexibility index (Phi) is 8.40. The number of carbonyl (C=O) groups excluding carboxylic acids is 2. The molecule has 2 saturated heterocycles. The Bertz CT molecular complexity index is 642. The standard InChI is InChI=1S/C9H16N2O12P2.Na/c12-5-1-2-11(9(15)10-5)8-7(14)6(13)4(22-8)3-21-25(19,20)23-24(16,17)18;/h4,6-8,13-14H,1-3H2,(H,19,20)(H,10,12,15)(H2,16,17,18);/p-1. The summed E-state index contributed by atoms with van der Waals surface area (Å²) in [4.78, 5) is 51.9. The number of ether oxygens (including phenoxy) is 1. The van der Waals surface area contributed by atoms with Gasteiger partial charge in [-0.1, -0.05) is 0 Å². The third-order valence-electron chi connectivity index (χ3n) is 3.33. The van der Waals surface area contributed by atoms with Gasteiger partial charge in [-0.2, -0.15) is 0 Å². The van der Waals surface area contributed by atoms with Crippen LogP contribution in [0, 0.1) is 0 Å². The zero-order valence-corrected chi connectivity index (χ0v) is 17.1. The van der Waals surface area contributed by atoms with Crippen LogP contribution in [0.3, 0.4) is 0 Å². The fraction of sp³-hybridized carbons (Fsp3) is 0.778. The summed E-state index contributed by atoms with van der Waals surface area (Å²) in [5.74, 6) is -0.531. The van der Waals surface area contributed by atoms with Crippen LogP contribution in [0.4, 0.5) is 4.79 Å². The van der Waals surface area contributed by atoms with E-state index < -0.39 is 58.7 Å². The molecule has 3 amide bonds. The quantitative estimate of drug-likeness (QED) is 0.207. The molecule has 26 heavy (non-hydrogen) atoms. The van der Waals surface area contributed by atoms with Crippen LogP contribution in [0.15, 0.2) is 0 Å². The van der Waals surface area contributed by atoms with Gasteiger partial charge >= 0.3 is 13.9 Å². The van der Waals surface area contributed by atoms with Crippen molar-refractivity contribution in [1.82, 2.24) is 10.2 Å². The molecule has 0 spiro atoms. The first kappa shape index (κ1) is 24.1. The zero-order valence-electron chi connectivity index (χ0n) is 13.3. The Morgan fingerprint density at radius 1 is 1.27 bits per heavy atom. The van der Waals surface area contributed by atoms with Crippen molar-refractivity contribution < 1.29 is 57.2 Å². The summed E-state index contributed by atoms with van der Waals surface area (Å²) < 4.78 is 34.6. The predicted molar refractivity (Wildman–Crippen MR) is 78.0 cm³/mol. The van der Waals surface area contributed by atoms with Crippen LogP contribution in [0.2, 0.25) is 0 Å². The third-order valence-corrected chi connectivity index (χ3v) is 5.45. The number of hydrogen-bond acceptors (Lipinski definition) is 10. The summed E-state index contributed by atoms with van der Waals surface area (Å²) in [6.07, 6.45) is -6.22. The molecule has 1 radical (unpaired) electrons. The maximum absolute atomic E-state index is 11.7. The van der Waals surface area contributed by atoms with E-state index in [0.29, 0.717) is 0 Å². The number of urea groups is 1. The number of amides is 3. The average Bonchev–Trinajstić information content (AvgIpc) is 2.71. The van der Waals surface area contributed by atoms with Crippen LogP contribution in [-0.4, -0.2) is 104 Å². The Morgan fingerprint density at radius 3 is 2.42 bits per heavy atom. The molecular formula is C9H15N2NaO12P2-. The van der Waals surface area contributed by atoms with Crippen LogP contribution in [-0.2, 0) is 27.5 Å². The van der Waals surface area contributed by atoms with Crippen LogP contribution in [0.25, 0.3) is 0 Å². The maximum Gasteiger partial charge on any atom is 0.476 e. The van der Waals surface area contributed by atoms with Crippen molar-refractivity contribution in [3.05, 3.63) is 0 Å². The van der Waals surface area contributed by atoms with Gasteiger partial charge in [-0.3, -0.25) is 19.6 Å². The molecule has 0 aromatic carbocycles. The average molecular weight is 428 g/mol. The summed E-state index contributed by atoms with van der Waals surface area (Å²) in [5, 5.41) is 21.8. The Hall–Kier alpha value is 0.0800. The zero-order chi connectivity index (χ0) is 19.0. The molecule has 0 aromatic heterocycles. The number of nitrogens with zero attached hydrogens (tertiary/aromatic N) is 1. The van der Waals surface area contributed by atoms with Gasteiger partial charge in [0.1, 0.15) is 18.3 Å². The molecule has 0 aromatic rings. The Balaban J connectivity index is 0.00000338. The minimum Gasteiger partial charge on any atom is -0.756 e. The summed E-state index contributed by atoms with van der Waals surface area (Å²) >= 11 is 0. The first-order valence-corrected chi connectivity index (χ1v) is 9.73. The molecule has 2 rings (SSSR count). The van der Waals surface area contributed by atoms with Crippen LogP contribution in [0.1, 0.15) is 6.42 Å². The van der Waals surface area contributed by atoms with Crippen LogP contribution < -0.4 is 10.2 Å². The van der Waals surface area contributed by atoms with Gasteiger partial charge in [0.15, 0.2) is 6.23 Å². The molecule has 0 bridgehead atoms. The first-order valence-electron chi connectivity index (χ1n) is 6.74. The number of imide groups is 1. The second-order valence-electron chi connectivity index (χ2n) is 5.16. The van der Waals surface area contributed by atoms with E-state index in [-0.39, 0.29) is 42.5 Å². The predicted octanol–water partition coefficient (Wildman–Crippen LogP) is -3.41. The second-order valence-corrected chi connectivity index (χ2v) is 7.95. The van der Waals surface area contributed by atoms with Crippen molar-refractivity contribution in [3.63, 3.8) is 0 Å². The number of hydrogen-bond donors (Lipinski definition) is 5. The molecule has 2 aliphatic heterocycles. The maximum atomic E-state index is 11.7. The van der Waals surface area contributed by atoms with E-state index in [4.69, 9.17) is 14.5 Å². The molecule has 0 aliphatic carbocycles. The minimum absolute atomic E-state index is 0. The molecule has 2 fully saturated rings. The molecule has 145 valence electrons. The fourth-order valence-electron chi connectivity index (χ4n) is 2.26. The number of phosphoric ester groups is 1. The van der Waals surface area contributed by atoms with Crippen molar-refractivity contribution in [2.24, 2.45) is 0 Å². The minimum atomic E-state index is -5.41. The van der Waals surface area contributed by atoms with Crippen molar-refractivity contribution in [2.45, 2.75) is 31.0 Å². The van der Waals surface area contributed by atoms with E-state index >= 15 is 0 Å². The van der Waals surface area contributed by atoms with E-state index in [1.807, 2.05) is 5.32 Å². The number of nitrogens with one attached hydrogen (secondary N) is 1. The van der Waals surface area contributed by atoms with E-state index in [1.165, 1.54) is 0 Å². The SMILES string of the molecule is O=C1CCN(C2OC(COP(=O)([O-])OP(=O)(O)O)C(O)C2O)C(=O)N1.[Na]. The van der Waals surface area contributed by atoms with Gasteiger partial charge in [-0.05, 0) is 0 Å². The molecule has 2 heterocycles. The smallest absolute Gasteiger partial charge is 0.476 e. The van der Waals surface area contributed by atoms with Gasteiger partial charge in [0.05, 0.1) is 6.61 Å². The number of phosphoric acid groups is 2. The van der Waals surface area contributed by atoms with Crippen LogP contribution in [0.5, 0.6) is 0 Å². The third kappa shape index (κ3) is 6.31. The topological polar surface area (TPSA) is 215 Å². The van der Waals surface area contributed by atoms with Crippen molar-refractivity contribution >= 4 is 57.1 Å². The first-order chi connectivity index (χ1) is 11.4. The molecule has 0 saturated carbocycles. The summed E-state index contributed by atoms with van der Waals surface area (Å²) in [7, 11) is -10.8. The van der Waals surface area contributed by atoms with Gasteiger partial charge in [0.2, 0.25) is 5.91 Å². The molecule has 5 N–H and O–H groups in total. The van der Waals surface area contributed by atoms with Crippen LogP contribution >= 0.6 is 15.6 Å². The van der Waals surface area contributed by atoms with E-state index in [2.05, 4.69) is 8.83 Å². The fourth-order valence-corrected chi connectivity index (χ4v) is 3.82. The summed E-state index contributed by atoms with van der Waals surface area (Å²) in [5.41, 5.74) is 0. The molecule has 2 aliphatic rings. The molecule has 14 nitrogen and oxygen atoms in total. The van der Waals surface area contributed by atoms with E-state index in [1.54, 1.807) is 0 Å². The Morgan fingerprint density at radius 2 is 1.88 bits per heavy atom.